The summed E-state index contributed by atoms with van der Waals surface area (Å²) in [7, 11) is 0. The molecule has 1 fully saturated rings. The lowest BCUT2D eigenvalue weighted by atomic mass is 10.0. The molecule has 0 bridgehead atoms. The van der Waals surface area contributed by atoms with E-state index in [1.54, 1.807) is 0 Å². The summed E-state index contributed by atoms with van der Waals surface area (Å²) in [4.78, 5) is 23.2. The summed E-state index contributed by atoms with van der Waals surface area (Å²) in [6.45, 7) is 1.41. The number of hydrogen-bond acceptors (Lipinski definition) is 5. The minimum atomic E-state index is -1.10. The summed E-state index contributed by atoms with van der Waals surface area (Å²) in [6.07, 6.45) is 0.274. The molecule has 1 aromatic rings. The number of benzene rings is 1. The number of rotatable bonds is 6. The van der Waals surface area contributed by atoms with Gasteiger partial charge in [0.15, 0.2) is 5.78 Å². The Morgan fingerprint density at radius 3 is 2.50 bits per heavy atom. The van der Waals surface area contributed by atoms with Crippen molar-refractivity contribution in [1.29, 1.82) is 0 Å². The van der Waals surface area contributed by atoms with Crippen LogP contribution in [-0.2, 0) is 4.79 Å². The van der Waals surface area contributed by atoms with Gasteiger partial charge in [0.05, 0.1) is 29.2 Å². The fourth-order valence-electron chi connectivity index (χ4n) is 2.66. The van der Waals surface area contributed by atoms with Gasteiger partial charge in [0.2, 0.25) is 0 Å². The number of aliphatic hydroxyl groups excluding tert-OH is 1. The Hall–Kier alpha value is -1.34. The van der Waals surface area contributed by atoms with E-state index in [2.05, 4.69) is 0 Å². The van der Waals surface area contributed by atoms with Gasteiger partial charge in [-0.1, -0.05) is 23.2 Å². The van der Waals surface area contributed by atoms with Crippen LogP contribution in [0.2, 0.25) is 10.0 Å². The lowest BCUT2D eigenvalue weighted by molar-refractivity contribution is -0.141. The second-order valence-electron chi connectivity index (χ2n) is 5.96. The molecular weight excluding hydrogens is 357 g/mol. The molecule has 1 aliphatic carbocycles. The highest BCUT2D eigenvalue weighted by Crippen LogP contribution is 2.38. The van der Waals surface area contributed by atoms with Crippen molar-refractivity contribution in [2.75, 3.05) is 0 Å². The van der Waals surface area contributed by atoms with Crippen LogP contribution in [0.15, 0.2) is 12.1 Å². The zero-order valence-electron chi connectivity index (χ0n) is 13.0. The number of carbonyl (C=O) groups excluding carboxylic acids is 1. The third-order valence-electron chi connectivity index (χ3n) is 4.16. The maximum absolute atomic E-state index is 12.2. The number of aliphatic carboxylic acids is 1. The first-order valence-electron chi connectivity index (χ1n) is 7.57. The summed E-state index contributed by atoms with van der Waals surface area (Å²) in [5.41, 5.74) is 5.75. The van der Waals surface area contributed by atoms with Gasteiger partial charge >= 0.3 is 5.97 Å². The lowest BCUT2D eigenvalue weighted by Crippen LogP contribution is -2.40. The zero-order valence-corrected chi connectivity index (χ0v) is 14.5. The first kappa shape index (κ1) is 19.0. The second-order valence-corrected chi connectivity index (χ2v) is 6.71. The lowest BCUT2D eigenvalue weighted by Gasteiger charge is -2.18. The van der Waals surface area contributed by atoms with Gasteiger partial charge in [-0.2, -0.15) is 0 Å². The van der Waals surface area contributed by atoms with E-state index in [1.165, 1.54) is 19.1 Å². The molecule has 6 nitrogen and oxygen atoms in total. The van der Waals surface area contributed by atoms with E-state index in [4.69, 9.17) is 38.8 Å². The Kier molecular flexibility index (Phi) is 6.09. The van der Waals surface area contributed by atoms with E-state index in [9.17, 15) is 14.7 Å². The SMILES string of the molecule is C[C@@H](O)[C@H](N)C(=O)c1ccc(O[C@@H]2CC[C@@H](C(=O)O)C2)c(Cl)c1Cl. The molecule has 1 aliphatic rings. The van der Waals surface area contributed by atoms with Gasteiger partial charge in [0.1, 0.15) is 10.8 Å². The van der Waals surface area contributed by atoms with Gasteiger partial charge < -0.3 is 20.7 Å². The Bertz CT molecular complexity index is 650. The standard InChI is InChI=1S/C16H19Cl2NO5/c1-7(20)14(19)15(21)10-4-5-11(13(18)12(10)17)24-9-3-2-8(6-9)16(22)23/h4-5,7-9,14,20H,2-3,6,19H2,1H3,(H,22,23)/t7-,8-,9-,14+/m1/s1. The molecule has 4 atom stereocenters. The van der Waals surface area contributed by atoms with Crippen molar-refractivity contribution in [3.8, 4) is 5.75 Å². The minimum Gasteiger partial charge on any atom is -0.489 e. The average Bonchev–Trinajstić information content (AvgIpc) is 2.99. The van der Waals surface area contributed by atoms with Crippen LogP contribution in [0.25, 0.3) is 0 Å². The molecule has 4 N–H and O–H groups in total. The number of carboxylic acids is 1. The number of Topliss-reactive ketones (excluding diaryl/α,β-unsaturated/α-hetero) is 1. The second kappa shape index (κ2) is 7.70. The van der Waals surface area contributed by atoms with Gasteiger partial charge in [0.25, 0.3) is 0 Å². The summed E-state index contributed by atoms with van der Waals surface area (Å²) >= 11 is 12.3. The van der Waals surface area contributed by atoms with Crippen molar-refractivity contribution < 1.29 is 24.5 Å². The first-order valence-corrected chi connectivity index (χ1v) is 8.33. The number of nitrogens with two attached hydrogens (primary N) is 1. The molecule has 0 saturated heterocycles. The number of aliphatic hydroxyl groups is 1. The van der Waals surface area contributed by atoms with Crippen LogP contribution >= 0.6 is 23.2 Å². The molecule has 24 heavy (non-hydrogen) atoms. The van der Waals surface area contributed by atoms with Gasteiger partial charge in [-0.15, -0.1) is 0 Å². The summed E-state index contributed by atoms with van der Waals surface area (Å²) in [6, 6.07) is 1.85. The van der Waals surface area contributed by atoms with Crippen molar-refractivity contribution in [3.63, 3.8) is 0 Å². The van der Waals surface area contributed by atoms with Crippen LogP contribution < -0.4 is 10.5 Å². The smallest absolute Gasteiger partial charge is 0.306 e. The van der Waals surface area contributed by atoms with Crippen LogP contribution in [0, 0.1) is 5.92 Å². The van der Waals surface area contributed by atoms with Crippen molar-refractivity contribution in [1.82, 2.24) is 0 Å². The predicted molar refractivity (Wildman–Crippen MR) is 89.8 cm³/mol. The summed E-state index contributed by atoms with van der Waals surface area (Å²) in [5.74, 6) is -1.48. The molecule has 0 radical (unpaired) electrons. The van der Waals surface area contributed by atoms with Gasteiger partial charge in [-0.3, -0.25) is 9.59 Å². The maximum atomic E-state index is 12.2. The highest BCUT2D eigenvalue weighted by molar-refractivity contribution is 6.45. The molecule has 1 aromatic carbocycles. The third-order valence-corrected chi connectivity index (χ3v) is 5.03. The molecule has 8 heteroatoms. The number of hydrogen-bond donors (Lipinski definition) is 3. The van der Waals surface area contributed by atoms with Crippen LogP contribution in [0.4, 0.5) is 0 Å². The topological polar surface area (TPSA) is 110 Å². The van der Waals surface area contributed by atoms with Crippen molar-refractivity contribution in [3.05, 3.63) is 27.7 Å². The molecule has 0 amide bonds. The molecule has 1 saturated carbocycles. The Morgan fingerprint density at radius 2 is 1.96 bits per heavy atom. The van der Waals surface area contributed by atoms with E-state index in [-0.39, 0.29) is 21.7 Å². The molecule has 0 heterocycles. The van der Waals surface area contributed by atoms with Gasteiger partial charge in [-0.05, 0) is 38.3 Å². The minimum absolute atomic E-state index is 0.00282. The van der Waals surface area contributed by atoms with Crippen molar-refractivity contribution in [2.24, 2.45) is 11.7 Å². The number of ketones is 1. The van der Waals surface area contributed by atoms with Crippen molar-refractivity contribution in [2.45, 2.75) is 44.4 Å². The summed E-state index contributed by atoms with van der Waals surface area (Å²) < 4.78 is 5.74. The Labute approximate surface area is 149 Å². The fraction of sp³-hybridized carbons (Fsp3) is 0.500. The highest BCUT2D eigenvalue weighted by Gasteiger charge is 2.32. The van der Waals surface area contributed by atoms with Crippen LogP contribution in [0.3, 0.4) is 0 Å². The van der Waals surface area contributed by atoms with E-state index < -0.39 is 29.8 Å². The molecule has 132 valence electrons. The number of carbonyl (C=O) groups is 2. The first-order chi connectivity index (χ1) is 11.2. The molecule has 0 aliphatic heterocycles. The highest BCUT2D eigenvalue weighted by atomic mass is 35.5. The molecule has 0 aromatic heterocycles. The average molecular weight is 376 g/mol. The normalized spacial score (nSPS) is 22.9. The Balaban J connectivity index is 2.16. The molecule has 2 rings (SSSR count). The van der Waals surface area contributed by atoms with Crippen LogP contribution in [-0.4, -0.2) is 40.2 Å². The number of carboxylic acid groups (broad SMARTS) is 1. The monoisotopic (exact) mass is 375 g/mol. The van der Waals surface area contributed by atoms with Crippen molar-refractivity contribution >= 4 is 35.0 Å². The largest absolute Gasteiger partial charge is 0.489 e. The quantitative estimate of drug-likeness (QED) is 0.658. The molecule has 0 unspecified atom stereocenters. The van der Waals surface area contributed by atoms with Crippen LogP contribution in [0.1, 0.15) is 36.5 Å². The molecule has 0 spiro atoms. The van der Waals surface area contributed by atoms with E-state index in [1.807, 2.05) is 0 Å². The number of halogens is 2. The maximum Gasteiger partial charge on any atom is 0.306 e. The third kappa shape index (κ3) is 4.00. The zero-order chi connectivity index (χ0) is 18.0. The molecular formula is C16H19Cl2NO5. The Morgan fingerprint density at radius 1 is 1.29 bits per heavy atom. The number of ether oxygens (including phenoxy) is 1. The summed E-state index contributed by atoms with van der Waals surface area (Å²) in [5, 5.41) is 18.5. The van der Waals surface area contributed by atoms with E-state index >= 15 is 0 Å². The van der Waals surface area contributed by atoms with Crippen LogP contribution in [0.5, 0.6) is 5.75 Å². The van der Waals surface area contributed by atoms with E-state index in [0.717, 1.165) is 0 Å². The van der Waals surface area contributed by atoms with Gasteiger partial charge in [0, 0.05) is 5.56 Å². The van der Waals surface area contributed by atoms with Gasteiger partial charge in [-0.25, -0.2) is 0 Å². The predicted octanol–water partition coefficient (Wildman–Crippen LogP) is 2.52. The van der Waals surface area contributed by atoms with E-state index in [0.29, 0.717) is 25.0 Å². The fourth-order valence-corrected chi connectivity index (χ4v) is 3.12.